The van der Waals surface area contributed by atoms with E-state index < -0.39 is 0 Å². The third kappa shape index (κ3) is 2.44. The Bertz CT molecular complexity index is 587. The van der Waals surface area contributed by atoms with Crippen molar-refractivity contribution < 1.29 is 0 Å². The van der Waals surface area contributed by atoms with Gasteiger partial charge in [0.05, 0.1) is 18.3 Å². The van der Waals surface area contributed by atoms with E-state index in [2.05, 4.69) is 40.6 Å². The van der Waals surface area contributed by atoms with Crippen molar-refractivity contribution in [2.24, 2.45) is 0 Å². The summed E-state index contributed by atoms with van der Waals surface area (Å²) >= 11 is 0. The lowest BCUT2D eigenvalue weighted by Gasteiger charge is -2.16. The molecule has 0 bridgehead atoms. The maximum atomic E-state index is 8.80. The van der Waals surface area contributed by atoms with Gasteiger partial charge in [-0.05, 0) is 35.4 Å². The first kappa shape index (κ1) is 11.8. The van der Waals surface area contributed by atoms with Gasteiger partial charge in [0.2, 0.25) is 0 Å². The zero-order valence-corrected chi connectivity index (χ0v) is 10.6. The average molecular weight is 249 g/mol. The van der Waals surface area contributed by atoms with Gasteiger partial charge in [0, 0.05) is 18.8 Å². The number of anilines is 1. The highest BCUT2D eigenvalue weighted by Crippen LogP contribution is 2.23. The van der Waals surface area contributed by atoms with Crippen LogP contribution in [0, 0.1) is 11.3 Å². The first-order valence-electron chi connectivity index (χ1n) is 6.43. The summed E-state index contributed by atoms with van der Waals surface area (Å²) in [5.74, 6) is 0. The molecule has 1 fully saturated rings. The summed E-state index contributed by atoms with van der Waals surface area (Å²) in [6.45, 7) is 3.05. The number of nitrogens with one attached hydrogen (secondary N) is 1. The molecule has 0 radical (unpaired) electrons. The first-order valence-corrected chi connectivity index (χ1v) is 6.43. The Morgan fingerprint density at radius 2 is 1.58 bits per heavy atom. The Kier molecular flexibility index (Phi) is 3.18. The molecule has 1 saturated heterocycles. The van der Waals surface area contributed by atoms with Gasteiger partial charge in [-0.25, -0.2) is 0 Å². The van der Waals surface area contributed by atoms with Crippen LogP contribution in [0.3, 0.4) is 0 Å². The number of hydrogen-bond acceptors (Lipinski definition) is 3. The lowest BCUT2D eigenvalue weighted by molar-refractivity contribution is 0.855. The van der Waals surface area contributed by atoms with Crippen LogP contribution in [0.15, 0.2) is 48.5 Å². The molecule has 0 aliphatic carbocycles. The average Bonchev–Trinajstić information content (AvgIpc) is 3.02. The van der Waals surface area contributed by atoms with Crippen LogP contribution in [0.25, 0.3) is 11.1 Å². The zero-order chi connectivity index (χ0) is 13.1. The minimum atomic E-state index is 0.698. The molecule has 1 heterocycles. The normalized spacial score (nSPS) is 14.4. The molecule has 1 N–H and O–H groups in total. The summed E-state index contributed by atoms with van der Waals surface area (Å²) < 4.78 is 0. The molecule has 94 valence electrons. The quantitative estimate of drug-likeness (QED) is 0.889. The third-order valence-electron chi connectivity index (χ3n) is 3.44. The molecule has 2 aromatic rings. The second kappa shape index (κ2) is 5.13. The van der Waals surface area contributed by atoms with E-state index in [4.69, 9.17) is 5.26 Å². The summed E-state index contributed by atoms with van der Waals surface area (Å²) in [4.78, 5) is 2.32. The fourth-order valence-corrected chi connectivity index (χ4v) is 2.33. The van der Waals surface area contributed by atoms with Crippen molar-refractivity contribution >= 4 is 5.69 Å². The van der Waals surface area contributed by atoms with Crippen LogP contribution in [0.2, 0.25) is 0 Å². The Balaban J connectivity index is 1.83. The molecule has 0 aromatic heterocycles. The largest absolute Gasteiger partial charge is 0.357 e. The number of benzene rings is 2. The van der Waals surface area contributed by atoms with Crippen molar-refractivity contribution in [3.63, 3.8) is 0 Å². The Hall–Kier alpha value is -2.31. The molecule has 0 amide bonds. The van der Waals surface area contributed by atoms with Crippen molar-refractivity contribution in [1.29, 1.82) is 5.26 Å². The van der Waals surface area contributed by atoms with Gasteiger partial charge in [0.1, 0.15) is 0 Å². The van der Waals surface area contributed by atoms with Crippen LogP contribution in [0.4, 0.5) is 5.69 Å². The molecule has 1 aliphatic rings. The number of nitriles is 1. The van der Waals surface area contributed by atoms with Crippen molar-refractivity contribution in [1.82, 2.24) is 5.32 Å². The standard InChI is InChI=1S/C16H15N3/c17-11-13-1-3-14(4-2-13)15-5-7-16(8-6-15)19-10-9-18-12-19/h1-8,18H,9-10,12H2. The van der Waals surface area contributed by atoms with E-state index in [1.54, 1.807) is 0 Å². The Morgan fingerprint density at radius 1 is 0.947 bits per heavy atom. The second-order valence-electron chi connectivity index (χ2n) is 4.66. The lowest BCUT2D eigenvalue weighted by Crippen LogP contribution is -2.20. The Labute approximate surface area is 113 Å². The molecule has 2 aromatic carbocycles. The van der Waals surface area contributed by atoms with Crippen LogP contribution in [0.1, 0.15) is 5.56 Å². The van der Waals surface area contributed by atoms with E-state index in [1.165, 1.54) is 11.3 Å². The summed E-state index contributed by atoms with van der Waals surface area (Å²) in [6.07, 6.45) is 0. The van der Waals surface area contributed by atoms with Crippen molar-refractivity contribution in [3.8, 4) is 17.2 Å². The van der Waals surface area contributed by atoms with Gasteiger partial charge >= 0.3 is 0 Å². The predicted octanol–water partition coefficient (Wildman–Crippen LogP) is 2.59. The smallest absolute Gasteiger partial charge is 0.0991 e. The molecule has 3 rings (SSSR count). The molecular formula is C16H15N3. The van der Waals surface area contributed by atoms with E-state index in [9.17, 15) is 0 Å². The van der Waals surface area contributed by atoms with Crippen molar-refractivity contribution in [2.75, 3.05) is 24.7 Å². The minimum Gasteiger partial charge on any atom is -0.357 e. The second-order valence-corrected chi connectivity index (χ2v) is 4.66. The maximum absolute atomic E-state index is 8.80. The third-order valence-corrected chi connectivity index (χ3v) is 3.44. The monoisotopic (exact) mass is 249 g/mol. The topological polar surface area (TPSA) is 39.1 Å². The molecule has 1 aliphatic heterocycles. The van der Waals surface area contributed by atoms with Gasteiger partial charge in [0.15, 0.2) is 0 Å². The molecule has 0 atom stereocenters. The number of nitrogens with zero attached hydrogens (tertiary/aromatic N) is 2. The van der Waals surface area contributed by atoms with E-state index in [1.807, 2.05) is 24.3 Å². The van der Waals surface area contributed by atoms with E-state index in [0.717, 1.165) is 25.3 Å². The van der Waals surface area contributed by atoms with E-state index in [-0.39, 0.29) is 0 Å². The Morgan fingerprint density at radius 3 is 2.11 bits per heavy atom. The predicted molar refractivity (Wildman–Crippen MR) is 76.8 cm³/mol. The molecule has 0 unspecified atom stereocenters. The van der Waals surface area contributed by atoms with Crippen LogP contribution in [-0.2, 0) is 0 Å². The van der Waals surface area contributed by atoms with Gasteiger partial charge in [0.25, 0.3) is 0 Å². The van der Waals surface area contributed by atoms with Gasteiger partial charge in [-0.2, -0.15) is 5.26 Å². The molecule has 3 heteroatoms. The molecule has 19 heavy (non-hydrogen) atoms. The maximum Gasteiger partial charge on any atom is 0.0991 e. The van der Waals surface area contributed by atoms with Crippen molar-refractivity contribution in [2.45, 2.75) is 0 Å². The van der Waals surface area contributed by atoms with E-state index >= 15 is 0 Å². The molecule has 0 spiro atoms. The van der Waals surface area contributed by atoms with Crippen molar-refractivity contribution in [3.05, 3.63) is 54.1 Å². The summed E-state index contributed by atoms with van der Waals surface area (Å²) in [7, 11) is 0. The highest BCUT2D eigenvalue weighted by atomic mass is 15.3. The SMILES string of the molecule is N#Cc1ccc(-c2ccc(N3CCNC3)cc2)cc1. The van der Waals surface area contributed by atoms with Crippen LogP contribution in [-0.4, -0.2) is 19.8 Å². The summed E-state index contributed by atoms with van der Waals surface area (Å²) in [6, 6.07) is 18.4. The lowest BCUT2D eigenvalue weighted by atomic mass is 10.0. The molecule has 3 nitrogen and oxygen atoms in total. The molecule has 0 saturated carbocycles. The van der Waals surface area contributed by atoms with Gasteiger partial charge in [-0.1, -0.05) is 24.3 Å². The minimum absolute atomic E-state index is 0.698. The zero-order valence-electron chi connectivity index (χ0n) is 10.6. The highest BCUT2D eigenvalue weighted by molar-refractivity contribution is 5.67. The fraction of sp³-hybridized carbons (Fsp3) is 0.188. The summed E-state index contributed by atoms with van der Waals surface area (Å²) in [5.41, 5.74) is 4.27. The van der Waals surface area contributed by atoms with Crippen LogP contribution in [0.5, 0.6) is 0 Å². The highest BCUT2D eigenvalue weighted by Gasteiger charge is 2.11. The van der Waals surface area contributed by atoms with Crippen LogP contribution >= 0.6 is 0 Å². The van der Waals surface area contributed by atoms with Crippen LogP contribution < -0.4 is 10.2 Å². The number of rotatable bonds is 2. The fourth-order valence-electron chi connectivity index (χ4n) is 2.33. The van der Waals surface area contributed by atoms with E-state index in [0.29, 0.717) is 5.56 Å². The first-order chi connectivity index (χ1) is 9.36. The van der Waals surface area contributed by atoms with Gasteiger partial charge in [-0.15, -0.1) is 0 Å². The molecular weight excluding hydrogens is 234 g/mol. The van der Waals surface area contributed by atoms with Gasteiger partial charge < -0.3 is 4.90 Å². The number of hydrogen-bond donors (Lipinski definition) is 1. The summed E-state index contributed by atoms with van der Waals surface area (Å²) in [5, 5.41) is 12.1. The van der Waals surface area contributed by atoms with Gasteiger partial charge in [-0.3, -0.25) is 5.32 Å².